The summed E-state index contributed by atoms with van der Waals surface area (Å²) in [5, 5.41) is 2.71. The second kappa shape index (κ2) is 9.70. The first-order valence-corrected chi connectivity index (χ1v) is 11.1. The van der Waals surface area contributed by atoms with Gasteiger partial charge in [0.15, 0.2) is 11.5 Å². The normalized spacial score (nSPS) is 10.8. The standard InChI is InChI=1S/C25H23NO5S/c1-3-26(24(27)20-14-18-7-4-5-9-21(18)31-25(20)28)15-17-10-11-22(23(13-17)29-2)30-16-19-8-6-12-32-19/h4-14H,3,15-16H2,1-2H3. The lowest BCUT2D eigenvalue weighted by molar-refractivity contribution is 0.0748. The monoisotopic (exact) mass is 449 g/mol. The summed E-state index contributed by atoms with van der Waals surface area (Å²) in [7, 11) is 1.58. The van der Waals surface area contributed by atoms with Gasteiger partial charge in [-0.1, -0.05) is 30.3 Å². The van der Waals surface area contributed by atoms with E-state index in [9.17, 15) is 9.59 Å². The van der Waals surface area contributed by atoms with Crippen molar-refractivity contribution in [2.45, 2.75) is 20.1 Å². The number of benzene rings is 2. The summed E-state index contributed by atoms with van der Waals surface area (Å²) in [5.41, 5.74) is 0.709. The van der Waals surface area contributed by atoms with Crippen molar-refractivity contribution in [2.24, 2.45) is 0 Å². The maximum absolute atomic E-state index is 13.1. The van der Waals surface area contributed by atoms with Crippen LogP contribution in [0.1, 0.15) is 27.7 Å². The minimum atomic E-state index is -0.637. The van der Waals surface area contributed by atoms with Crippen LogP contribution in [0.15, 0.2) is 75.3 Å². The Labute approximate surface area is 189 Å². The highest BCUT2D eigenvalue weighted by atomic mass is 32.1. The van der Waals surface area contributed by atoms with Crippen LogP contribution < -0.4 is 15.1 Å². The summed E-state index contributed by atoms with van der Waals surface area (Å²) >= 11 is 1.63. The number of amides is 1. The van der Waals surface area contributed by atoms with E-state index in [1.54, 1.807) is 41.5 Å². The Balaban J connectivity index is 1.53. The molecule has 0 aliphatic rings. The molecule has 0 saturated carbocycles. The van der Waals surface area contributed by atoms with Crippen molar-refractivity contribution in [2.75, 3.05) is 13.7 Å². The van der Waals surface area contributed by atoms with E-state index in [0.717, 1.165) is 10.4 Å². The summed E-state index contributed by atoms with van der Waals surface area (Å²) in [6.45, 7) is 3.09. The average molecular weight is 450 g/mol. The SMILES string of the molecule is CCN(Cc1ccc(OCc2cccs2)c(OC)c1)C(=O)c1cc2ccccc2oc1=O. The average Bonchev–Trinajstić information content (AvgIpc) is 3.34. The zero-order chi connectivity index (χ0) is 22.5. The number of ether oxygens (including phenoxy) is 2. The molecule has 2 aromatic carbocycles. The highest BCUT2D eigenvalue weighted by Crippen LogP contribution is 2.30. The molecule has 0 bridgehead atoms. The maximum atomic E-state index is 13.1. The fraction of sp³-hybridized carbons (Fsp3) is 0.200. The quantitative estimate of drug-likeness (QED) is 0.350. The van der Waals surface area contributed by atoms with E-state index in [2.05, 4.69) is 0 Å². The maximum Gasteiger partial charge on any atom is 0.349 e. The molecule has 0 N–H and O–H groups in total. The molecule has 0 unspecified atom stereocenters. The lowest BCUT2D eigenvalue weighted by Crippen LogP contribution is -2.33. The van der Waals surface area contributed by atoms with Gasteiger partial charge in [0.2, 0.25) is 0 Å². The van der Waals surface area contributed by atoms with Crippen molar-refractivity contribution in [3.63, 3.8) is 0 Å². The minimum absolute atomic E-state index is 0.0217. The summed E-state index contributed by atoms with van der Waals surface area (Å²) in [6, 6.07) is 18.3. The van der Waals surface area contributed by atoms with Gasteiger partial charge >= 0.3 is 5.63 Å². The van der Waals surface area contributed by atoms with Crippen LogP contribution in [0.2, 0.25) is 0 Å². The Hall–Kier alpha value is -3.58. The fourth-order valence-corrected chi connectivity index (χ4v) is 4.02. The molecule has 0 atom stereocenters. The van der Waals surface area contributed by atoms with Gasteiger partial charge in [-0.15, -0.1) is 11.3 Å². The Bertz CT molecular complexity index is 1280. The Kier molecular flexibility index (Phi) is 6.56. The molecule has 0 radical (unpaired) electrons. The van der Waals surface area contributed by atoms with Crippen LogP contribution in [0.3, 0.4) is 0 Å². The van der Waals surface area contributed by atoms with Crippen molar-refractivity contribution in [1.82, 2.24) is 4.90 Å². The zero-order valence-corrected chi connectivity index (χ0v) is 18.7. The molecular weight excluding hydrogens is 426 g/mol. The molecule has 0 saturated heterocycles. The molecule has 4 rings (SSSR count). The van der Waals surface area contributed by atoms with Gasteiger partial charge in [0.05, 0.1) is 7.11 Å². The predicted molar refractivity (Wildman–Crippen MR) is 125 cm³/mol. The molecule has 4 aromatic rings. The number of hydrogen-bond acceptors (Lipinski definition) is 6. The first-order valence-electron chi connectivity index (χ1n) is 10.2. The summed E-state index contributed by atoms with van der Waals surface area (Å²) < 4.78 is 16.7. The summed E-state index contributed by atoms with van der Waals surface area (Å²) in [6.07, 6.45) is 0. The molecule has 32 heavy (non-hydrogen) atoms. The van der Waals surface area contributed by atoms with Crippen molar-refractivity contribution in [1.29, 1.82) is 0 Å². The molecule has 2 heterocycles. The Morgan fingerprint density at radius 1 is 1.06 bits per heavy atom. The molecule has 0 aliphatic carbocycles. The number of carbonyl (C=O) groups is 1. The first kappa shape index (κ1) is 21.6. The number of para-hydroxylation sites is 1. The molecule has 0 fully saturated rings. The van der Waals surface area contributed by atoms with Gasteiger partial charge in [0.1, 0.15) is 17.8 Å². The Morgan fingerprint density at radius 3 is 2.66 bits per heavy atom. The number of carbonyl (C=O) groups excluding carboxylic acids is 1. The lowest BCUT2D eigenvalue weighted by Gasteiger charge is -2.21. The third-order valence-electron chi connectivity index (χ3n) is 5.09. The fourth-order valence-electron chi connectivity index (χ4n) is 3.40. The molecule has 0 spiro atoms. The van der Waals surface area contributed by atoms with Gasteiger partial charge in [0, 0.05) is 23.4 Å². The number of fused-ring (bicyclic) bond motifs is 1. The van der Waals surface area contributed by atoms with Crippen LogP contribution in [0.5, 0.6) is 11.5 Å². The van der Waals surface area contributed by atoms with Crippen LogP contribution in [0, 0.1) is 0 Å². The highest BCUT2D eigenvalue weighted by molar-refractivity contribution is 7.09. The zero-order valence-electron chi connectivity index (χ0n) is 17.9. The van der Waals surface area contributed by atoms with Crippen molar-refractivity contribution >= 4 is 28.2 Å². The van der Waals surface area contributed by atoms with Crippen molar-refractivity contribution < 1.29 is 18.7 Å². The third-order valence-corrected chi connectivity index (χ3v) is 5.94. The largest absolute Gasteiger partial charge is 0.493 e. The number of nitrogens with zero attached hydrogens (tertiary/aromatic N) is 1. The van der Waals surface area contributed by atoms with Crippen LogP contribution >= 0.6 is 11.3 Å². The number of methoxy groups -OCH3 is 1. The van der Waals surface area contributed by atoms with E-state index >= 15 is 0 Å². The Morgan fingerprint density at radius 2 is 1.91 bits per heavy atom. The number of rotatable bonds is 8. The number of hydrogen-bond donors (Lipinski definition) is 0. The first-order chi connectivity index (χ1) is 15.6. The molecule has 0 aliphatic heterocycles. The van der Waals surface area contributed by atoms with Crippen LogP contribution in [-0.4, -0.2) is 24.5 Å². The summed E-state index contributed by atoms with van der Waals surface area (Å²) in [5.74, 6) is 0.853. The molecule has 164 valence electrons. The van der Waals surface area contributed by atoms with E-state index in [-0.39, 0.29) is 11.5 Å². The molecule has 7 heteroatoms. The van der Waals surface area contributed by atoms with Gasteiger partial charge in [-0.25, -0.2) is 4.79 Å². The van der Waals surface area contributed by atoms with Gasteiger partial charge in [0.25, 0.3) is 5.91 Å². The predicted octanol–water partition coefficient (Wildman–Crippen LogP) is 5.10. The second-order valence-corrected chi connectivity index (χ2v) is 8.19. The lowest BCUT2D eigenvalue weighted by atomic mass is 10.1. The van der Waals surface area contributed by atoms with Gasteiger partial charge in [-0.3, -0.25) is 4.79 Å². The van der Waals surface area contributed by atoms with Crippen LogP contribution in [-0.2, 0) is 13.2 Å². The highest BCUT2D eigenvalue weighted by Gasteiger charge is 2.20. The summed E-state index contributed by atoms with van der Waals surface area (Å²) in [4.78, 5) is 28.2. The second-order valence-electron chi connectivity index (χ2n) is 7.16. The van der Waals surface area contributed by atoms with E-state index in [0.29, 0.717) is 42.2 Å². The number of thiophene rings is 1. The van der Waals surface area contributed by atoms with Crippen molar-refractivity contribution in [3.8, 4) is 11.5 Å². The molecule has 6 nitrogen and oxygen atoms in total. The van der Waals surface area contributed by atoms with E-state index in [1.807, 2.05) is 54.8 Å². The van der Waals surface area contributed by atoms with Crippen LogP contribution in [0.25, 0.3) is 11.0 Å². The van der Waals surface area contributed by atoms with E-state index in [4.69, 9.17) is 13.9 Å². The van der Waals surface area contributed by atoms with Gasteiger partial charge < -0.3 is 18.8 Å². The molecular formula is C25H23NO5S. The molecule has 1 amide bonds. The minimum Gasteiger partial charge on any atom is -0.493 e. The third kappa shape index (κ3) is 4.68. The van der Waals surface area contributed by atoms with Gasteiger partial charge in [-0.2, -0.15) is 0 Å². The smallest absolute Gasteiger partial charge is 0.349 e. The van der Waals surface area contributed by atoms with E-state index < -0.39 is 5.63 Å². The topological polar surface area (TPSA) is 69.0 Å². The van der Waals surface area contributed by atoms with E-state index in [1.165, 1.54) is 0 Å². The van der Waals surface area contributed by atoms with Crippen LogP contribution in [0.4, 0.5) is 0 Å². The van der Waals surface area contributed by atoms with Crippen molar-refractivity contribution in [3.05, 3.63) is 92.5 Å². The molecule has 2 aromatic heterocycles. The van der Waals surface area contributed by atoms with Gasteiger partial charge in [-0.05, 0) is 48.2 Å².